The molecule has 2 heterocycles. The van der Waals surface area contributed by atoms with E-state index in [1.807, 2.05) is 11.3 Å². The van der Waals surface area contributed by atoms with E-state index in [9.17, 15) is 0 Å². The molecular weight excluding hydrogens is 376 g/mol. The molecule has 0 saturated heterocycles. The van der Waals surface area contributed by atoms with Crippen LogP contribution < -0.4 is 10.2 Å². The maximum atomic E-state index is 4.57. The van der Waals surface area contributed by atoms with E-state index in [2.05, 4.69) is 65.2 Å². The maximum absolute atomic E-state index is 4.57. The molecule has 0 spiro atoms. The summed E-state index contributed by atoms with van der Waals surface area (Å²) in [6.07, 6.45) is 5.25. The number of nitrogens with zero attached hydrogens (tertiary/aromatic N) is 3. The van der Waals surface area contributed by atoms with Crippen LogP contribution >= 0.6 is 23.7 Å². The van der Waals surface area contributed by atoms with E-state index in [0.717, 1.165) is 41.8 Å². The molecule has 0 saturated carbocycles. The molecule has 1 aromatic carbocycles. The van der Waals surface area contributed by atoms with E-state index in [0.29, 0.717) is 0 Å². The van der Waals surface area contributed by atoms with Crippen molar-refractivity contribution in [2.24, 2.45) is 5.92 Å². The molecule has 4 nitrogen and oxygen atoms in total. The van der Waals surface area contributed by atoms with Gasteiger partial charge in [-0.05, 0) is 68.9 Å². The summed E-state index contributed by atoms with van der Waals surface area (Å²) in [4.78, 5) is 14.1. The molecule has 6 heteroatoms. The zero-order valence-electron chi connectivity index (χ0n) is 16.2. The van der Waals surface area contributed by atoms with Crippen LogP contribution in [0.4, 0.5) is 17.2 Å². The van der Waals surface area contributed by atoms with Crippen LogP contribution in [-0.2, 0) is 12.8 Å². The molecule has 1 aliphatic carbocycles. The van der Waals surface area contributed by atoms with E-state index in [1.54, 1.807) is 6.33 Å². The third kappa shape index (κ3) is 3.90. The summed E-state index contributed by atoms with van der Waals surface area (Å²) in [6, 6.07) is 8.64. The molecule has 0 bridgehead atoms. The van der Waals surface area contributed by atoms with Gasteiger partial charge in [0.15, 0.2) is 0 Å². The smallest absolute Gasteiger partial charge is 0.142 e. The largest absolute Gasteiger partial charge is 0.372 e. The van der Waals surface area contributed by atoms with Gasteiger partial charge >= 0.3 is 0 Å². The molecule has 2 aromatic heterocycles. The predicted octanol–water partition coefficient (Wildman–Crippen LogP) is 5.83. The number of halogens is 1. The second kappa shape index (κ2) is 8.44. The average molecular weight is 403 g/mol. The molecule has 0 radical (unpaired) electrons. The van der Waals surface area contributed by atoms with E-state index < -0.39 is 0 Å². The summed E-state index contributed by atoms with van der Waals surface area (Å²) in [7, 11) is 0. The van der Waals surface area contributed by atoms with Gasteiger partial charge in [0.05, 0.1) is 5.39 Å². The predicted molar refractivity (Wildman–Crippen MR) is 119 cm³/mol. The van der Waals surface area contributed by atoms with E-state index >= 15 is 0 Å². The minimum atomic E-state index is 0. The van der Waals surface area contributed by atoms with Crippen LogP contribution in [-0.4, -0.2) is 23.1 Å². The Kier molecular flexibility index (Phi) is 6.22. The number of rotatable bonds is 5. The van der Waals surface area contributed by atoms with Crippen LogP contribution in [0.2, 0.25) is 0 Å². The lowest BCUT2D eigenvalue weighted by atomic mass is 9.89. The van der Waals surface area contributed by atoms with Gasteiger partial charge in [0, 0.05) is 29.3 Å². The van der Waals surface area contributed by atoms with Gasteiger partial charge in [0.1, 0.15) is 17.0 Å². The molecule has 0 aliphatic heterocycles. The summed E-state index contributed by atoms with van der Waals surface area (Å²) < 4.78 is 0. The molecule has 4 rings (SSSR count). The van der Waals surface area contributed by atoms with Gasteiger partial charge in [-0.2, -0.15) is 0 Å². The summed E-state index contributed by atoms with van der Waals surface area (Å²) in [5, 5.41) is 4.76. The van der Waals surface area contributed by atoms with Gasteiger partial charge in [-0.3, -0.25) is 0 Å². The Labute approximate surface area is 171 Å². The lowest BCUT2D eigenvalue weighted by molar-refractivity contribution is 0.509. The van der Waals surface area contributed by atoms with Crippen LogP contribution in [0.25, 0.3) is 10.2 Å². The lowest BCUT2D eigenvalue weighted by Gasteiger charge is -2.21. The maximum Gasteiger partial charge on any atom is 0.142 e. The van der Waals surface area contributed by atoms with Gasteiger partial charge in [0.25, 0.3) is 0 Å². The highest BCUT2D eigenvalue weighted by atomic mass is 35.5. The second-order valence-corrected chi connectivity index (χ2v) is 8.18. The molecule has 144 valence electrons. The number of anilines is 3. The van der Waals surface area contributed by atoms with Crippen molar-refractivity contribution >= 4 is 51.2 Å². The van der Waals surface area contributed by atoms with E-state index in [1.165, 1.54) is 34.4 Å². The Morgan fingerprint density at radius 1 is 1.15 bits per heavy atom. The third-order valence-electron chi connectivity index (χ3n) is 5.35. The Morgan fingerprint density at radius 3 is 2.59 bits per heavy atom. The van der Waals surface area contributed by atoms with E-state index in [-0.39, 0.29) is 12.4 Å². The number of aromatic nitrogens is 2. The number of thiophene rings is 1. The number of fused-ring (bicyclic) bond motifs is 3. The molecule has 0 fully saturated rings. The van der Waals surface area contributed by atoms with Gasteiger partial charge in [-0.25, -0.2) is 9.97 Å². The Bertz CT molecular complexity index is 902. The van der Waals surface area contributed by atoms with E-state index in [4.69, 9.17) is 0 Å². The average Bonchev–Trinajstić information content (AvgIpc) is 3.02. The van der Waals surface area contributed by atoms with Gasteiger partial charge in [0.2, 0.25) is 0 Å². The minimum Gasteiger partial charge on any atom is -0.372 e. The Hall–Kier alpha value is -1.85. The number of benzene rings is 1. The van der Waals surface area contributed by atoms with Crippen LogP contribution in [0.3, 0.4) is 0 Å². The third-order valence-corrected chi connectivity index (χ3v) is 6.51. The zero-order valence-corrected chi connectivity index (χ0v) is 17.8. The number of hydrogen-bond donors (Lipinski definition) is 1. The van der Waals surface area contributed by atoms with Crippen molar-refractivity contribution in [2.75, 3.05) is 23.3 Å². The highest BCUT2D eigenvalue weighted by Crippen LogP contribution is 2.40. The van der Waals surface area contributed by atoms with Crippen molar-refractivity contribution < 1.29 is 0 Å². The SMILES string of the molecule is CCN(CC)c1ccc(Nc2ncnc3sc4c(c23)CCC(C)C4)cc1.Cl. The zero-order chi connectivity index (χ0) is 18.1. The van der Waals surface area contributed by atoms with Crippen LogP contribution in [0.1, 0.15) is 37.6 Å². The first kappa shape index (κ1) is 19.9. The standard InChI is InChI=1S/C21H26N4S.ClH/c1-4-25(5-2)16-9-7-15(8-10-16)24-20-19-17-11-6-14(3)12-18(17)26-21(19)23-13-22-20;/h7-10,13-14H,4-6,11-12H2,1-3H3,(H,22,23,24);1H. The summed E-state index contributed by atoms with van der Waals surface area (Å²) >= 11 is 1.84. The van der Waals surface area contributed by atoms with Crippen molar-refractivity contribution in [3.8, 4) is 0 Å². The molecule has 1 aliphatic rings. The van der Waals surface area contributed by atoms with Crippen LogP contribution in [0.5, 0.6) is 0 Å². The van der Waals surface area contributed by atoms with Crippen molar-refractivity contribution in [2.45, 2.75) is 40.0 Å². The van der Waals surface area contributed by atoms with Crippen LogP contribution in [0, 0.1) is 5.92 Å². The molecule has 1 unspecified atom stereocenters. The topological polar surface area (TPSA) is 41.0 Å². The van der Waals surface area contributed by atoms with Crippen LogP contribution in [0.15, 0.2) is 30.6 Å². The first-order chi connectivity index (χ1) is 12.7. The lowest BCUT2D eigenvalue weighted by Crippen LogP contribution is -2.21. The summed E-state index contributed by atoms with van der Waals surface area (Å²) in [5.41, 5.74) is 3.80. The Balaban J connectivity index is 0.00000210. The normalized spacial score (nSPS) is 15.9. The monoisotopic (exact) mass is 402 g/mol. The summed E-state index contributed by atoms with van der Waals surface area (Å²) in [6.45, 7) is 8.77. The second-order valence-electron chi connectivity index (χ2n) is 7.10. The molecular formula is C21H27ClN4S. The fourth-order valence-corrected chi connectivity index (χ4v) is 5.20. The quantitative estimate of drug-likeness (QED) is 0.583. The fourth-order valence-electron chi connectivity index (χ4n) is 3.85. The molecule has 1 atom stereocenters. The molecule has 1 N–H and O–H groups in total. The number of aryl methyl sites for hydroxylation is 1. The molecule has 27 heavy (non-hydrogen) atoms. The number of hydrogen-bond acceptors (Lipinski definition) is 5. The molecule has 0 amide bonds. The Morgan fingerprint density at radius 2 is 1.89 bits per heavy atom. The van der Waals surface area contributed by atoms with Crippen molar-refractivity contribution in [1.29, 1.82) is 0 Å². The fraction of sp³-hybridized carbons (Fsp3) is 0.429. The highest BCUT2D eigenvalue weighted by molar-refractivity contribution is 7.19. The van der Waals surface area contributed by atoms with Crippen molar-refractivity contribution in [3.05, 3.63) is 41.0 Å². The van der Waals surface area contributed by atoms with Crippen molar-refractivity contribution in [3.63, 3.8) is 0 Å². The summed E-state index contributed by atoms with van der Waals surface area (Å²) in [5.74, 6) is 1.71. The molecule has 3 aromatic rings. The van der Waals surface area contributed by atoms with Gasteiger partial charge in [-0.15, -0.1) is 23.7 Å². The number of nitrogens with one attached hydrogen (secondary N) is 1. The minimum absolute atomic E-state index is 0. The van der Waals surface area contributed by atoms with Gasteiger partial charge in [-0.1, -0.05) is 6.92 Å². The van der Waals surface area contributed by atoms with Crippen molar-refractivity contribution in [1.82, 2.24) is 9.97 Å². The first-order valence-corrected chi connectivity index (χ1v) is 10.4. The van der Waals surface area contributed by atoms with Gasteiger partial charge < -0.3 is 10.2 Å². The highest BCUT2D eigenvalue weighted by Gasteiger charge is 2.23. The first-order valence-electron chi connectivity index (χ1n) is 9.56.